The number of halogens is 1. The average Bonchev–Trinajstić information content (AvgIpc) is 3.04. The summed E-state index contributed by atoms with van der Waals surface area (Å²) in [6.45, 7) is 4.23. The van der Waals surface area contributed by atoms with Crippen LogP contribution >= 0.6 is 0 Å². The van der Waals surface area contributed by atoms with Crippen LogP contribution in [0.25, 0.3) is 0 Å². The molecule has 0 N–H and O–H groups in total. The van der Waals surface area contributed by atoms with Gasteiger partial charge in [0.1, 0.15) is 12.4 Å². The lowest BCUT2D eigenvalue weighted by Gasteiger charge is -2.24. The van der Waals surface area contributed by atoms with Crippen LogP contribution in [0, 0.1) is 5.82 Å². The highest BCUT2D eigenvalue weighted by Crippen LogP contribution is 2.32. The second-order valence-corrected chi connectivity index (χ2v) is 6.66. The molecule has 1 aromatic heterocycles. The number of rotatable bonds is 5. The number of hydrogen-bond acceptors (Lipinski definition) is 6. The van der Waals surface area contributed by atoms with Crippen LogP contribution in [0.5, 0.6) is 11.5 Å². The topological polar surface area (TPSA) is 67.3 Å². The van der Waals surface area contributed by atoms with Gasteiger partial charge in [0.15, 0.2) is 17.4 Å². The number of benzene rings is 1. The van der Waals surface area contributed by atoms with Gasteiger partial charge in [0.25, 0.3) is 5.91 Å². The van der Waals surface area contributed by atoms with E-state index in [2.05, 4.69) is 16.6 Å². The fraction of sp³-hybridized carbons (Fsp3) is 0.190. The summed E-state index contributed by atoms with van der Waals surface area (Å²) >= 11 is 0. The third-order valence-electron chi connectivity index (χ3n) is 4.76. The van der Waals surface area contributed by atoms with Gasteiger partial charge in [-0.15, -0.1) is 0 Å². The molecule has 2 aliphatic rings. The zero-order valence-corrected chi connectivity index (χ0v) is 16.1. The lowest BCUT2D eigenvalue weighted by atomic mass is 10.1. The highest BCUT2D eigenvalue weighted by Gasteiger charge is 2.32. The van der Waals surface area contributed by atoms with Gasteiger partial charge in [0, 0.05) is 18.8 Å². The van der Waals surface area contributed by atoms with Gasteiger partial charge in [-0.2, -0.15) is 0 Å². The number of hydrogen-bond donors (Lipinski definition) is 0. The first kappa shape index (κ1) is 18.7. The summed E-state index contributed by atoms with van der Waals surface area (Å²) in [4.78, 5) is 24.5. The number of allylic oxidation sites excluding steroid dienone is 1. The average molecular weight is 394 g/mol. The summed E-state index contributed by atoms with van der Waals surface area (Å²) in [6.07, 6.45) is 4.87. The molecule has 0 fully saturated rings. The Balaban J connectivity index is 1.52. The Morgan fingerprint density at radius 1 is 1.31 bits per heavy atom. The van der Waals surface area contributed by atoms with Crippen LogP contribution in [0.15, 0.2) is 59.8 Å². The maximum atomic E-state index is 14.5. The van der Waals surface area contributed by atoms with Crippen LogP contribution in [-0.2, 0) is 13.2 Å². The summed E-state index contributed by atoms with van der Waals surface area (Å²) < 4.78 is 25.2. The summed E-state index contributed by atoms with van der Waals surface area (Å²) in [5.41, 5.74) is 2.33. The molecule has 0 saturated carbocycles. The molecule has 0 spiro atoms. The first-order chi connectivity index (χ1) is 14.0. The van der Waals surface area contributed by atoms with E-state index < -0.39 is 5.82 Å². The Morgan fingerprint density at radius 2 is 2.14 bits per heavy atom. The second kappa shape index (κ2) is 7.38. The van der Waals surface area contributed by atoms with Gasteiger partial charge in [0.05, 0.1) is 37.5 Å². The highest BCUT2D eigenvalue weighted by molar-refractivity contribution is 6.00. The zero-order chi connectivity index (χ0) is 20.5. The highest BCUT2D eigenvalue weighted by atomic mass is 19.1. The number of fused-ring (bicyclic) bond motifs is 1. The van der Waals surface area contributed by atoms with Crippen LogP contribution in [0.4, 0.5) is 4.39 Å². The maximum Gasteiger partial charge on any atom is 0.260 e. The number of pyridine rings is 1. The number of aliphatic imine (C=N–C) groups is 1. The number of carbonyl (C=O) groups excluding carboxylic acids is 1. The normalized spacial score (nSPS) is 15.5. The summed E-state index contributed by atoms with van der Waals surface area (Å²) in [5, 5.41) is 0. The molecule has 148 valence electrons. The van der Waals surface area contributed by atoms with Crippen molar-refractivity contribution in [3.63, 3.8) is 0 Å². The van der Waals surface area contributed by atoms with Gasteiger partial charge in [-0.3, -0.25) is 14.7 Å². The van der Waals surface area contributed by atoms with Crippen LogP contribution in [-0.4, -0.2) is 41.1 Å². The first-order valence-electron chi connectivity index (χ1n) is 8.90. The molecular weight excluding hydrogens is 375 g/mol. The third kappa shape index (κ3) is 3.56. The van der Waals surface area contributed by atoms with E-state index in [4.69, 9.17) is 9.47 Å². The van der Waals surface area contributed by atoms with E-state index in [1.54, 1.807) is 48.8 Å². The number of amides is 1. The van der Waals surface area contributed by atoms with Crippen LogP contribution in [0.2, 0.25) is 0 Å². The van der Waals surface area contributed by atoms with Crippen molar-refractivity contribution in [2.75, 3.05) is 14.2 Å². The molecule has 8 heteroatoms. The molecule has 0 saturated heterocycles. The number of carbonyl (C=O) groups is 1. The SMILES string of the molecule is C=C1C=NC(N2Cc3cc(OCc4ccc(OC)cn4)c(F)cc3C2=O)=CN1C. The van der Waals surface area contributed by atoms with Crippen molar-refractivity contribution in [1.29, 1.82) is 0 Å². The van der Waals surface area contributed by atoms with Crippen molar-refractivity contribution in [2.45, 2.75) is 13.2 Å². The Kier molecular flexibility index (Phi) is 4.75. The smallest absolute Gasteiger partial charge is 0.260 e. The molecule has 0 unspecified atom stereocenters. The van der Waals surface area contributed by atoms with Crippen molar-refractivity contribution in [1.82, 2.24) is 14.8 Å². The third-order valence-corrected chi connectivity index (χ3v) is 4.76. The molecular formula is C21H19FN4O3. The van der Waals surface area contributed by atoms with E-state index in [1.165, 1.54) is 11.0 Å². The number of nitrogens with zero attached hydrogens (tertiary/aromatic N) is 4. The van der Waals surface area contributed by atoms with Crippen LogP contribution in [0.3, 0.4) is 0 Å². The predicted molar refractivity (Wildman–Crippen MR) is 105 cm³/mol. The lowest BCUT2D eigenvalue weighted by Crippen LogP contribution is -2.27. The first-order valence-corrected chi connectivity index (χ1v) is 8.90. The lowest BCUT2D eigenvalue weighted by molar-refractivity contribution is 0.0822. The standard InChI is InChI=1S/C21H19FN4O3/c1-13-8-24-20(11-25(13)2)26-10-14-6-19(18(22)7-17(14)21(26)27)29-12-15-4-5-16(28-3)9-23-15/h4-9,11H,1,10,12H2,2-3H3. The van der Waals surface area contributed by atoms with E-state index in [1.807, 2.05) is 7.05 Å². The van der Waals surface area contributed by atoms with E-state index in [9.17, 15) is 9.18 Å². The van der Waals surface area contributed by atoms with Crippen LogP contribution in [0.1, 0.15) is 21.6 Å². The Hall–Kier alpha value is -3.68. The van der Waals surface area contributed by atoms with Crippen molar-refractivity contribution >= 4 is 12.1 Å². The molecule has 0 aliphatic carbocycles. The minimum atomic E-state index is -0.598. The molecule has 7 nitrogen and oxygen atoms in total. The van der Waals surface area contributed by atoms with E-state index in [0.717, 1.165) is 0 Å². The van der Waals surface area contributed by atoms with Gasteiger partial charge in [-0.25, -0.2) is 9.38 Å². The van der Waals surface area contributed by atoms with E-state index in [0.29, 0.717) is 34.1 Å². The van der Waals surface area contributed by atoms with E-state index >= 15 is 0 Å². The van der Waals surface area contributed by atoms with Gasteiger partial charge in [-0.1, -0.05) is 6.58 Å². The molecule has 0 atom stereocenters. The molecule has 1 aromatic carbocycles. The van der Waals surface area contributed by atoms with Crippen molar-refractivity contribution < 1.29 is 18.7 Å². The van der Waals surface area contributed by atoms with Gasteiger partial charge in [0.2, 0.25) is 0 Å². The second-order valence-electron chi connectivity index (χ2n) is 6.66. The summed E-state index contributed by atoms with van der Waals surface area (Å²) in [5.74, 6) is 0.282. The zero-order valence-electron chi connectivity index (χ0n) is 16.1. The quantitative estimate of drug-likeness (QED) is 0.780. The van der Waals surface area contributed by atoms with Crippen molar-refractivity contribution in [3.8, 4) is 11.5 Å². The molecule has 0 radical (unpaired) electrons. The molecule has 4 rings (SSSR count). The Labute approximate surface area is 167 Å². The molecule has 0 bridgehead atoms. The van der Waals surface area contributed by atoms with E-state index in [-0.39, 0.29) is 24.8 Å². The van der Waals surface area contributed by atoms with Gasteiger partial charge >= 0.3 is 0 Å². The molecule has 1 amide bonds. The maximum absolute atomic E-state index is 14.5. The molecule has 2 aromatic rings. The number of methoxy groups -OCH3 is 1. The summed E-state index contributed by atoms with van der Waals surface area (Å²) in [7, 11) is 3.38. The molecule has 2 aliphatic heterocycles. The monoisotopic (exact) mass is 394 g/mol. The Bertz CT molecular complexity index is 1050. The number of aromatic nitrogens is 1. The van der Waals surface area contributed by atoms with Crippen LogP contribution < -0.4 is 9.47 Å². The molecule has 3 heterocycles. The van der Waals surface area contributed by atoms with Crippen molar-refractivity contribution in [2.24, 2.45) is 4.99 Å². The molecule has 29 heavy (non-hydrogen) atoms. The Morgan fingerprint density at radius 3 is 2.83 bits per heavy atom. The van der Waals surface area contributed by atoms with Crippen molar-refractivity contribution in [3.05, 3.63) is 77.4 Å². The minimum absolute atomic E-state index is 0.0719. The number of ether oxygens (including phenoxy) is 2. The minimum Gasteiger partial charge on any atom is -0.495 e. The predicted octanol–water partition coefficient (Wildman–Crippen LogP) is 3.09. The fourth-order valence-electron chi connectivity index (χ4n) is 3.04. The van der Waals surface area contributed by atoms with Gasteiger partial charge in [-0.05, 0) is 29.8 Å². The largest absolute Gasteiger partial charge is 0.495 e. The summed E-state index contributed by atoms with van der Waals surface area (Å²) in [6, 6.07) is 6.27. The fourth-order valence-corrected chi connectivity index (χ4v) is 3.04. The van der Waals surface area contributed by atoms with Gasteiger partial charge < -0.3 is 14.4 Å².